The quantitative estimate of drug-likeness (QED) is 0.644. The maximum Gasteiger partial charge on any atom is 0.268 e. The zero-order chi connectivity index (χ0) is 8.72. The molecule has 2 nitrogen and oxygen atoms in total. The van der Waals surface area contributed by atoms with Crippen LogP contribution in [0, 0.1) is 0 Å². The van der Waals surface area contributed by atoms with Crippen LogP contribution in [-0.4, -0.2) is 10.3 Å². The number of carbonyl (C=O) groups excluding carboxylic acids is 1. The lowest BCUT2D eigenvalue weighted by Gasteiger charge is -1.99. The van der Waals surface area contributed by atoms with E-state index in [0.717, 1.165) is 10.0 Å². The summed E-state index contributed by atoms with van der Waals surface area (Å²) in [5, 5.41) is 0. The van der Waals surface area contributed by atoms with E-state index in [-0.39, 0.29) is 5.91 Å². The van der Waals surface area contributed by atoms with Crippen molar-refractivity contribution in [3.8, 4) is 0 Å². The van der Waals surface area contributed by atoms with Crippen molar-refractivity contribution >= 4 is 33.6 Å². The lowest BCUT2D eigenvalue weighted by Crippen LogP contribution is -2.10. The van der Waals surface area contributed by atoms with Gasteiger partial charge in [0, 0.05) is 21.8 Å². The second-order valence-electron chi connectivity index (χ2n) is 2.63. The Kier molecular flexibility index (Phi) is 1.85. The molecule has 12 heavy (non-hydrogen) atoms. The number of amides is 1. The van der Waals surface area contributed by atoms with Crippen molar-refractivity contribution in [2.75, 3.05) is 0 Å². The van der Waals surface area contributed by atoms with E-state index in [1.54, 1.807) is 6.07 Å². The largest absolute Gasteiger partial charge is 0.268 e. The van der Waals surface area contributed by atoms with Crippen LogP contribution in [0.2, 0.25) is 0 Å². The minimum Gasteiger partial charge on any atom is -0.268 e. The van der Waals surface area contributed by atoms with E-state index >= 15 is 0 Å². The minimum absolute atomic E-state index is 0.112. The highest BCUT2D eigenvalue weighted by molar-refractivity contribution is 9.10. The smallest absolute Gasteiger partial charge is 0.268 e. The van der Waals surface area contributed by atoms with E-state index in [1.807, 2.05) is 12.1 Å². The highest BCUT2D eigenvalue weighted by atomic mass is 79.9. The number of rotatable bonds is 0. The van der Waals surface area contributed by atoms with E-state index in [1.165, 1.54) is 4.42 Å². The summed E-state index contributed by atoms with van der Waals surface area (Å²) in [4.78, 5) is 11.3. The van der Waals surface area contributed by atoms with Crippen LogP contribution in [0.5, 0.6) is 0 Å². The molecule has 1 aromatic carbocycles. The van der Waals surface area contributed by atoms with Gasteiger partial charge in [-0.25, -0.2) is 4.42 Å². The van der Waals surface area contributed by atoms with Crippen LogP contribution in [0.3, 0.4) is 0 Å². The van der Waals surface area contributed by atoms with Crippen molar-refractivity contribution in [1.82, 2.24) is 4.42 Å². The zero-order valence-electron chi connectivity index (χ0n) is 6.05. The molecule has 1 aliphatic rings. The van der Waals surface area contributed by atoms with Crippen molar-refractivity contribution in [1.29, 1.82) is 0 Å². The Hall–Kier alpha value is -0.540. The minimum atomic E-state index is -0.112. The molecule has 0 saturated carbocycles. The third-order valence-corrected chi connectivity index (χ3v) is 2.59. The van der Waals surface area contributed by atoms with Gasteiger partial charge < -0.3 is 0 Å². The van der Waals surface area contributed by atoms with Gasteiger partial charge in [-0.2, -0.15) is 0 Å². The molecule has 0 atom stereocenters. The highest BCUT2D eigenvalue weighted by Gasteiger charge is 2.25. The average Bonchev–Trinajstić information content (AvgIpc) is 2.28. The molecule has 0 fully saturated rings. The van der Waals surface area contributed by atoms with E-state index in [0.29, 0.717) is 12.1 Å². The molecule has 62 valence electrons. The van der Waals surface area contributed by atoms with Crippen molar-refractivity contribution < 1.29 is 4.79 Å². The van der Waals surface area contributed by atoms with Gasteiger partial charge in [-0.3, -0.25) is 4.79 Å². The first-order valence-electron chi connectivity index (χ1n) is 3.44. The Morgan fingerprint density at radius 1 is 1.50 bits per heavy atom. The molecule has 1 aliphatic heterocycles. The van der Waals surface area contributed by atoms with E-state index in [4.69, 9.17) is 11.8 Å². The Morgan fingerprint density at radius 2 is 2.25 bits per heavy atom. The first-order chi connectivity index (χ1) is 5.68. The normalized spacial score (nSPS) is 15.2. The van der Waals surface area contributed by atoms with E-state index in [2.05, 4.69) is 15.9 Å². The van der Waals surface area contributed by atoms with Crippen molar-refractivity contribution in [2.45, 2.75) is 6.54 Å². The fourth-order valence-corrected chi connectivity index (χ4v) is 1.88. The van der Waals surface area contributed by atoms with Gasteiger partial charge >= 0.3 is 0 Å². The first-order valence-corrected chi connectivity index (χ1v) is 4.57. The Bertz CT molecular complexity index is 353. The molecule has 0 aromatic heterocycles. The standard InChI is InChI=1S/C8H5BrClNO/c9-6-1-2-7-5(3-6)4-11(10)8(7)12/h1-3H,4H2. The first kappa shape index (κ1) is 8.08. The number of benzene rings is 1. The molecule has 0 saturated heterocycles. The van der Waals surface area contributed by atoms with E-state index in [9.17, 15) is 4.79 Å². The number of nitrogens with zero attached hydrogens (tertiary/aromatic N) is 1. The van der Waals surface area contributed by atoms with Crippen LogP contribution >= 0.6 is 27.7 Å². The second-order valence-corrected chi connectivity index (χ2v) is 3.95. The Labute approximate surface area is 83.4 Å². The summed E-state index contributed by atoms with van der Waals surface area (Å²) in [6.07, 6.45) is 0. The summed E-state index contributed by atoms with van der Waals surface area (Å²) >= 11 is 8.98. The SMILES string of the molecule is O=C1c2ccc(Br)cc2CN1Cl. The van der Waals surface area contributed by atoms with Gasteiger partial charge in [-0.05, 0) is 23.8 Å². The fourth-order valence-electron chi connectivity index (χ4n) is 1.25. The van der Waals surface area contributed by atoms with Gasteiger partial charge in [-0.1, -0.05) is 15.9 Å². The van der Waals surface area contributed by atoms with Gasteiger partial charge in [0.15, 0.2) is 0 Å². The van der Waals surface area contributed by atoms with Gasteiger partial charge in [0.1, 0.15) is 0 Å². The topological polar surface area (TPSA) is 20.3 Å². The number of hydrogen-bond donors (Lipinski definition) is 0. The molecule has 4 heteroatoms. The maximum atomic E-state index is 11.3. The lowest BCUT2D eigenvalue weighted by molar-refractivity contribution is 0.0881. The highest BCUT2D eigenvalue weighted by Crippen LogP contribution is 2.26. The van der Waals surface area contributed by atoms with Crippen LogP contribution in [0.4, 0.5) is 0 Å². The van der Waals surface area contributed by atoms with Crippen LogP contribution < -0.4 is 0 Å². The summed E-state index contributed by atoms with van der Waals surface area (Å²) in [6, 6.07) is 5.53. The summed E-state index contributed by atoms with van der Waals surface area (Å²) in [7, 11) is 0. The molecule has 1 aromatic rings. The number of hydrogen-bond acceptors (Lipinski definition) is 1. The molecule has 2 rings (SSSR count). The number of halogens is 2. The fraction of sp³-hybridized carbons (Fsp3) is 0.125. The van der Waals surface area contributed by atoms with Gasteiger partial charge in [0.25, 0.3) is 5.91 Å². The molecule has 1 amide bonds. The van der Waals surface area contributed by atoms with Crippen molar-refractivity contribution in [3.05, 3.63) is 33.8 Å². The lowest BCUT2D eigenvalue weighted by atomic mass is 10.1. The van der Waals surface area contributed by atoms with Crippen molar-refractivity contribution in [2.24, 2.45) is 0 Å². The zero-order valence-corrected chi connectivity index (χ0v) is 8.39. The monoisotopic (exact) mass is 245 g/mol. The summed E-state index contributed by atoms with van der Waals surface area (Å²) < 4.78 is 2.16. The second kappa shape index (κ2) is 2.75. The maximum absolute atomic E-state index is 11.3. The van der Waals surface area contributed by atoms with Gasteiger partial charge in [-0.15, -0.1) is 0 Å². The average molecular weight is 246 g/mol. The molecule has 0 bridgehead atoms. The molecular formula is C8H5BrClNO. The summed E-state index contributed by atoms with van der Waals surface area (Å²) in [6.45, 7) is 0.495. The molecule has 0 spiro atoms. The third-order valence-electron chi connectivity index (χ3n) is 1.83. The Balaban J connectivity index is 2.54. The predicted molar refractivity (Wildman–Crippen MR) is 49.9 cm³/mol. The van der Waals surface area contributed by atoms with Crippen molar-refractivity contribution in [3.63, 3.8) is 0 Å². The third kappa shape index (κ3) is 1.13. The van der Waals surface area contributed by atoms with Gasteiger partial charge in [0.05, 0.1) is 6.54 Å². The predicted octanol–water partition coefficient (Wildman–Crippen LogP) is 2.56. The molecule has 1 heterocycles. The summed E-state index contributed by atoms with van der Waals surface area (Å²) in [5.74, 6) is -0.112. The molecule has 0 aliphatic carbocycles. The van der Waals surface area contributed by atoms with Crippen LogP contribution in [-0.2, 0) is 6.54 Å². The summed E-state index contributed by atoms with van der Waals surface area (Å²) in [5.41, 5.74) is 1.68. The molecule has 0 unspecified atom stereocenters. The van der Waals surface area contributed by atoms with Crippen LogP contribution in [0.25, 0.3) is 0 Å². The van der Waals surface area contributed by atoms with E-state index < -0.39 is 0 Å². The number of fused-ring (bicyclic) bond motifs is 1. The Morgan fingerprint density at radius 3 is 3.00 bits per heavy atom. The van der Waals surface area contributed by atoms with Crippen LogP contribution in [0.15, 0.2) is 22.7 Å². The van der Waals surface area contributed by atoms with Gasteiger partial charge in [0.2, 0.25) is 0 Å². The molecule has 0 N–H and O–H groups in total. The molecule has 0 radical (unpaired) electrons. The van der Waals surface area contributed by atoms with Crippen LogP contribution in [0.1, 0.15) is 15.9 Å². The molecular weight excluding hydrogens is 241 g/mol. The number of carbonyl (C=O) groups is 1.